The van der Waals surface area contributed by atoms with Gasteiger partial charge in [0, 0.05) is 23.9 Å². The second-order valence-electron chi connectivity index (χ2n) is 6.73. The summed E-state index contributed by atoms with van der Waals surface area (Å²) in [7, 11) is 0. The van der Waals surface area contributed by atoms with E-state index in [-0.39, 0.29) is 5.92 Å². The lowest BCUT2D eigenvalue weighted by Gasteiger charge is -2.20. The van der Waals surface area contributed by atoms with Gasteiger partial charge in [0.15, 0.2) is 0 Å². The van der Waals surface area contributed by atoms with E-state index in [1.165, 1.54) is 0 Å². The molecule has 0 bridgehead atoms. The minimum absolute atomic E-state index is 0.0480. The van der Waals surface area contributed by atoms with E-state index < -0.39 is 12.0 Å². The molecule has 3 rings (SSSR count). The monoisotopic (exact) mass is 363 g/mol. The molecule has 5 nitrogen and oxygen atoms in total. The fourth-order valence-electron chi connectivity index (χ4n) is 3.08. The zero-order valence-electron chi connectivity index (χ0n) is 15.7. The maximum atomic E-state index is 11.6. The Hall–Kier alpha value is -2.92. The molecule has 1 heterocycles. The van der Waals surface area contributed by atoms with Crippen molar-refractivity contribution in [2.24, 2.45) is 5.92 Å². The summed E-state index contributed by atoms with van der Waals surface area (Å²) in [6.07, 6.45) is 2.78. The molecule has 140 valence electrons. The second kappa shape index (κ2) is 8.64. The van der Waals surface area contributed by atoms with Gasteiger partial charge in [-0.05, 0) is 18.1 Å². The first-order chi connectivity index (χ1) is 13.1. The standard InChI is InChI=1S/C22H25N3O2/c1-3-16(2)20(22(26)27)23-14-18-15-25(19-12-8-5-9-13-19)24-21(18)17-10-6-4-7-11-17/h4-13,15-16,20,23H,3,14H2,1-2H3,(H,26,27)/t16-,20-/m0/s1. The van der Waals surface area contributed by atoms with E-state index in [0.717, 1.165) is 28.9 Å². The van der Waals surface area contributed by atoms with Crippen molar-refractivity contribution in [1.82, 2.24) is 15.1 Å². The fraction of sp³-hybridized carbons (Fsp3) is 0.273. The molecule has 0 saturated carbocycles. The van der Waals surface area contributed by atoms with Gasteiger partial charge in [0.25, 0.3) is 0 Å². The molecule has 5 heteroatoms. The summed E-state index contributed by atoms with van der Waals surface area (Å²) in [5, 5.41) is 17.5. The van der Waals surface area contributed by atoms with Crippen LogP contribution in [0.5, 0.6) is 0 Å². The maximum Gasteiger partial charge on any atom is 0.320 e. The largest absolute Gasteiger partial charge is 0.480 e. The number of nitrogens with zero attached hydrogens (tertiary/aromatic N) is 2. The van der Waals surface area contributed by atoms with Gasteiger partial charge in [0.05, 0.1) is 11.4 Å². The number of aliphatic carboxylic acids is 1. The van der Waals surface area contributed by atoms with Crippen molar-refractivity contribution in [1.29, 1.82) is 0 Å². The highest BCUT2D eigenvalue weighted by molar-refractivity contribution is 5.74. The molecule has 0 unspecified atom stereocenters. The van der Waals surface area contributed by atoms with Crippen molar-refractivity contribution in [3.63, 3.8) is 0 Å². The highest BCUT2D eigenvalue weighted by atomic mass is 16.4. The number of para-hydroxylation sites is 1. The van der Waals surface area contributed by atoms with Crippen LogP contribution in [0.3, 0.4) is 0 Å². The summed E-state index contributed by atoms with van der Waals surface area (Å²) in [5.74, 6) is -0.770. The van der Waals surface area contributed by atoms with E-state index in [4.69, 9.17) is 5.10 Å². The van der Waals surface area contributed by atoms with Crippen molar-refractivity contribution in [3.05, 3.63) is 72.4 Å². The molecule has 2 atom stereocenters. The van der Waals surface area contributed by atoms with E-state index in [1.54, 1.807) is 0 Å². The molecular weight excluding hydrogens is 338 g/mol. The third kappa shape index (κ3) is 4.44. The maximum absolute atomic E-state index is 11.6. The van der Waals surface area contributed by atoms with Crippen LogP contribution in [-0.2, 0) is 11.3 Å². The molecule has 3 aromatic rings. The first-order valence-corrected chi connectivity index (χ1v) is 9.25. The summed E-state index contributed by atoms with van der Waals surface area (Å²) >= 11 is 0. The Bertz CT molecular complexity index is 875. The first kappa shape index (κ1) is 18.9. The molecule has 0 radical (unpaired) electrons. The predicted molar refractivity (Wildman–Crippen MR) is 107 cm³/mol. The van der Waals surface area contributed by atoms with Crippen LogP contribution in [0, 0.1) is 5.92 Å². The van der Waals surface area contributed by atoms with E-state index in [2.05, 4.69) is 5.32 Å². The number of nitrogens with one attached hydrogen (secondary N) is 1. The summed E-state index contributed by atoms with van der Waals surface area (Å²) in [6, 6.07) is 19.3. The molecular formula is C22H25N3O2. The van der Waals surface area contributed by atoms with Gasteiger partial charge in [-0.3, -0.25) is 10.1 Å². The van der Waals surface area contributed by atoms with Gasteiger partial charge in [0.2, 0.25) is 0 Å². The lowest BCUT2D eigenvalue weighted by Crippen LogP contribution is -2.41. The summed E-state index contributed by atoms with van der Waals surface area (Å²) in [6.45, 7) is 4.40. The Balaban J connectivity index is 1.93. The third-order valence-corrected chi connectivity index (χ3v) is 4.85. The lowest BCUT2D eigenvalue weighted by molar-refractivity contribution is -0.140. The lowest BCUT2D eigenvalue weighted by atomic mass is 9.99. The average Bonchev–Trinajstić information content (AvgIpc) is 3.13. The van der Waals surface area contributed by atoms with Gasteiger partial charge in [-0.2, -0.15) is 5.10 Å². The van der Waals surface area contributed by atoms with Crippen LogP contribution in [0.25, 0.3) is 16.9 Å². The highest BCUT2D eigenvalue weighted by Gasteiger charge is 2.23. The van der Waals surface area contributed by atoms with Gasteiger partial charge >= 0.3 is 5.97 Å². The summed E-state index contributed by atoms with van der Waals surface area (Å²) in [5.41, 5.74) is 3.82. The number of carboxylic acid groups (broad SMARTS) is 1. The van der Waals surface area contributed by atoms with E-state index >= 15 is 0 Å². The molecule has 2 N–H and O–H groups in total. The molecule has 0 saturated heterocycles. The van der Waals surface area contributed by atoms with Crippen LogP contribution in [0.15, 0.2) is 66.9 Å². The molecule has 0 aliphatic carbocycles. The number of benzene rings is 2. The van der Waals surface area contributed by atoms with Crippen LogP contribution >= 0.6 is 0 Å². The van der Waals surface area contributed by atoms with Crippen molar-refractivity contribution in [2.75, 3.05) is 0 Å². The Morgan fingerprint density at radius 1 is 1.11 bits per heavy atom. The molecule has 0 aliphatic heterocycles. The number of rotatable bonds is 8. The summed E-state index contributed by atoms with van der Waals surface area (Å²) < 4.78 is 1.85. The normalized spacial score (nSPS) is 13.3. The van der Waals surface area contributed by atoms with E-state index in [9.17, 15) is 9.90 Å². The van der Waals surface area contributed by atoms with Gasteiger partial charge in [-0.15, -0.1) is 0 Å². The van der Waals surface area contributed by atoms with Gasteiger partial charge in [-0.25, -0.2) is 4.68 Å². The Morgan fingerprint density at radius 3 is 2.33 bits per heavy atom. The highest BCUT2D eigenvalue weighted by Crippen LogP contribution is 2.24. The van der Waals surface area contributed by atoms with Crippen molar-refractivity contribution in [3.8, 4) is 16.9 Å². The van der Waals surface area contributed by atoms with Crippen LogP contribution < -0.4 is 5.32 Å². The van der Waals surface area contributed by atoms with Crippen LogP contribution in [-0.4, -0.2) is 26.9 Å². The van der Waals surface area contributed by atoms with Gasteiger partial charge in [-0.1, -0.05) is 68.8 Å². The summed E-state index contributed by atoms with van der Waals surface area (Å²) in [4.78, 5) is 11.6. The number of aromatic nitrogens is 2. The number of carbonyl (C=O) groups is 1. The molecule has 27 heavy (non-hydrogen) atoms. The SMILES string of the molecule is CC[C@H](C)[C@H](NCc1cn(-c2ccccc2)nc1-c1ccccc1)C(=O)O. The number of carboxylic acids is 1. The van der Waals surface area contributed by atoms with Gasteiger partial charge in [0.1, 0.15) is 6.04 Å². The zero-order chi connectivity index (χ0) is 19.2. The van der Waals surface area contributed by atoms with Crippen LogP contribution in [0.1, 0.15) is 25.8 Å². The smallest absolute Gasteiger partial charge is 0.320 e. The molecule has 0 fully saturated rings. The predicted octanol–water partition coefficient (Wildman–Crippen LogP) is 4.13. The van der Waals surface area contributed by atoms with Gasteiger partial charge < -0.3 is 5.11 Å². The Morgan fingerprint density at radius 2 is 1.74 bits per heavy atom. The van der Waals surface area contributed by atoms with Crippen molar-refractivity contribution in [2.45, 2.75) is 32.9 Å². The second-order valence-corrected chi connectivity index (χ2v) is 6.73. The molecule has 0 amide bonds. The Labute approximate surface area is 159 Å². The third-order valence-electron chi connectivity index (χ3n) is 4.85. The van der Waals surface area contributed by atoms with E-state index in [0.29, 0.717) is 6.54 Å². The topological polar surface area (TPSA) is 67.2 Å². The fourth-order valence-corrected chi connectivity index (χ4v) is 3.08. The average molecular weight is 363 g/mol. The van der Waals surface area contributed by atoms with Crippen LogP contribution in [0.2, 0.25) is 0 Å². The van der Waals surface area contributed by atoms with Crippen molar-refractivity contribution >= 4 is 5.97 Å². The molecule has 1 aromatic heterocycles. The first-order valence-electron chi connectivity index (χ1n) is 9.25. The molecule has 0 aliphatic rings. The molecule has 2 aromatic carbocycles. The minimum Gasteiger partial charge on any atom is -0.480 e. The molecule has 0 spiro atoms. The zero-order valence-corrected chi connectivity index (χ0v) is 15.7. The van der Waals surface area contributed by atoms with Crippen molar-refractivity contribution < 1.29 is 9.90 Å². The quantitative estimate of drug-likeness (QED) is 0.631. The number of hydrogen-bond acceptors (Lipinski definition) is 3. The number of hydrogen-bond donors (Lipinski definition) is 2. The Kier molecular flexibility index (Phi) is 6.04. The van der Waals surface area contributed by atoms with Crippen LogP contribution in [0.4, 0.5) is 0 Å². The minimum atomic E-state index is -0.818. The van der Waals surface area contributed by atoms with E-state index in [1.807, 2.05) is 85.4 Å².